The van der Waals surface area contributed by atoms with Crippen LogP contribution >= 0.6 is 12.6 Å². The first-order valence-corrected chi connectivity index (χ1v) is 4.98. The Labute approximate surface area is 84.9 Å². The van der Waals surface area contributed by atoms with Crippen LogP contribution in [0.2, 0.25) is 0 Å². The van der Waals surface area contributed by atoms with E-state index < -0.39 is 5.60 Å². The van der Waals surface area contributed by atoms with Crippen LogP contribution in [0, 0.1) is 0 Å². The molecule has 0 radical (unpaired) electrons. The first-order valence-electron chi connectivity index (χ1n) is 4.46. The Morgan fingerprint density at radius 1 is 1.69 bits per heavy atom. The molecule has 0 aromatic rings. The second-order valence-corrected chi connectivity index (χ2v) is 4.22. The predicted octanol–water partition coefficient (Wildman–Crippen LogP) is 1.40. The van der Waals surface area contributed by atoms with E-state index in [9.17, 15) is 9.90 Å². The molecule has 0 aromatic carbocycles. The van der Waals surface area contributed by atoms with Crippen molar-refractivity contribution in [2.45, 2.75) is 44.5 Å². The molecule has 0 aliphatic heterocycles. The van der Waals surface area contributed by atoms with Crippen LogP contribution in [0.3, 0.4) is 0 Å². The minimum absolute atomic E-state index is 0.0104. The van der Waals surface area contributed by atoms with Crippen LogP contribution in [0.25, 0.3) is 0 Å². The molecule has 0 aliphatic rings. The monoisotopic (exact) mass is 206 g/mol. The van der Waals surface area contributed by atoms with Crippen molar-refractivity contribution in [2.24, 2.45) is 0 Å². The lowest BCUT2D eigenvalue weighted by Gasteiger charge is -2.26. The van der Waals surface area contributed by atoms with Gasteiger partial charge in [0.05, 0.1) is 0 Å². The van der Waals surface area contributed by atoms with E-state index in [0.717, 1.165) is 6.42 Å². The lowest BCUT2D eigenvalue weighted by Crippen LogP contribution is -2.39. The van der Waals surface area contributed by atoms with E-state index in [4.69, 9.17) is 4.74 Å². The number of ether oxygens (including phenoxy) is 1. The third-order valence-electron chi connectivity index (χ3n) is 1.88. The number of carbonyl (C=O) groups is 1. The van der Waals surface area contributed by atoms with Crippen molar-refractivity contribution in [3.63, 3.8) is 0 Å². The molecule has 2 atom stereocenters. The van der Waals surface area contributed by atoms with Gasteiger partial charge in [0, 0.05) is 11.7 Å². The zero-order chi connectivity index (χ0) is 10.5. The highest BCUT2D eigenvalue weighted by molar-refractivity contribution is 7.81. The summed E-state index contributed by atoms with van der Waals surface area (Å²) in [6.07, 6.45) is 1.16. The largest absolute Gasteiger partial charge is 0.463 e. The molecule has 0 spiro atoms. The van der Waals surface area contributed by atoms with Gasteiger partial charge in [-0.3, -0.25) is 4.79 Å². The predicted molar refractivity (Wildman–Crippen MR) is 54.9 cm³/mol. The normalized spacial score (nSPS) is 17.6. The topological polar surface area (TPSA) is 46.5 Å². The molecule has 0 rings (SSSR count). The second-order valence-electron chi connectivity index (χ2n) is 3.44. The van der Waals surface area contributed by atoms with Gasteiger partial charge in [0.15, 0.2) is 0 Å². The second kappa shape index (κ2) is 5.50. The molecule has 0 aromatic heterocycles. The van der Waals surface area contributed by atoms with Crippen LogP contribution < -0.4 is 0 Å². The number of rotatable bonds is 5. The summed E-state index contributed by atoms with van der Waals surface area (Å²) in [4.78, 5) is 11.0. The highest BCUT2D eigenvalue weighted by atomic mass is 32.1. The van der Waals surface area contributed by atoms with Crippen molar-refractivity contribution in [2.75, 3.05) is 6.61 Å². The number of hydrogen-bond acceptors (Lipinski definition) is 4. The number of aliphatic hydroxyl groups is 1. The molecule has 0 heterocycles. The van der Waals surface area contributed by atoms with E-state index in [2.05, 4.69) is 12.6 Å². The first kappa shape index (κ1) is 12.8. The standard InChI is InChI=1S/C9H18O3S/c1-4-5-8(10)12-6-9(3,11)7(2)13/h7,11,13H,4-6H2,1-3H3. The number of thiol groups is 1. The summed E-state index contributed by atoms with van der Waals surface area (Å²) in [5, 5.41) is 9.43. The van der Waals surface area contributed by atoms with Gasteiger partial charge in [0.25, 0.3) is 0 Å². The summed E-state index contributed by atoms with van der Waals surface area (Å²) in [6.45, 7) is 5.28. The third kappa shape index (κ3) is 5.16. The van der Waals surface area contributed by atoms with E-state index in [1.165, 1.54) is 0 Å². The van der Waals surface area contributed by atoms with Crippen molar-refractivity contribution in [3.05, 3.63) is 0 Å². The van der Waals surface area contributed by atoms with E-state index in [1.807, 2.05) is 6.92 Å². The van der Waals surface area contributed by atoms with Crippen molar-refractivity contribution >= 4 is 18.6 Å². The highest BCUT2D eigenvalue weighted by Gasteiger charge is 2.27. The summed E-state index contributed by atoms with van der Waals surface area (Å²) in [5.74, 6) is -0.267. The van der Waals surface area contributed by atoms with E-state index in [-0.39, 0.29) is 17.8 Å². The maximum atomic E-state index is 11.0. The van der Waals surface area contributed by atoms with Crippen LogP contribution in [-0.2, 0) is 9.53 Å². The summed E-state index contributed by atoms with van der Waals surface area (Å²) >= 11 is 4.09. The van der Waals surface area contributed by atoms with Gasteiger partial charge < -0.3 is 9.84 Å². The number of carbonyl (C=O) groups excluding carboxylic acids is 1. The molecule has 0 amide bonds. The van der Waals surface area contributed by atoms with Gasteiger partial charge in [-0.1, -0.05) is 13.8 Å². The molecule has 0 aliphatic carbocycles. The van der Waals surface area contributed by atoms with Gasteiger partial charge in [0.1, 0.15) is 12.2 Å². The van der Waals surface area contributed by atoms with Crippen LogP contribution in [0.15, 0.2) is 0 Å². The molecule has 0 saturated heterocycles. The van der Waals surface area contributed by atoms with Crippen molar-refractivity contribution in [3.8, 4) is 0 Å². The van der Waals surface area contributed by atoms with E-state index in [1.54, 1.807) is 13.8 Å². The molecule has 0 bridgehead atoms. The molecule has 1 N–H and O–H groups in total. The maximum absolute atomic E-state index is 11.0. The van der Waals surface area contributed by atoms with E-state index >= 15 is 0 Å². The molecule has 2 unspecified atom stereocenters. The van der Waals surface area contributed by atoms with Gasteiger partial charge in [-0.05, 0) is 13.3 Å². The Kier molecular flexibility index (Phi) is 5.40. The summed E-state index contributed by atoms with van der Waals surface area (Å²) in [7, 11) is 0. The van der Waals surface area contributed by atoms with Gasteiger partial charge in [-0.25, -0.2) is 0 Å². The van der Waals surface area contributed by atoms with E-state index in [0.29, 0.717) is 6.42 Å². The Balaban J connectivity index is 3.81. The third-order valence-corrected chi connectivity index (χ3v) is 2.44. The van der Waals surface area contributed by atoms with Crippen LogP contribution in [0.5, 0.6) is 0 Å². The molecule has 4 heteroatoms. The molecule has 3 nitrogen and oxygen atoms in total. The molecule has 78 valence electrons. The minimum atomic E-state index is -1.05. The molecule has 0 fully saturated rings. The van der Waals surface area contributed by atoms with Gasteiger partial charge in [-0.15, -0.1) is 0 Å². The molecular weight excluding hydrogens is 188 g/mol. The summed E-state index contributed by atoms with van der Waals surface area (Å²) in [6, 6.07) is 0. The Morgan fingerprint density at radius 3 is 2.62 bits per heavy atom. The lowest BCUT2D eigenvalue weighted by atomic mass is 10.1. The van der Waals surface area contributed by atoms with Crippen molar-refractivity contribution in [1.82, 2.24) is 0 Å². The lowest BCUT2D eigenvalue weighted by molar-refractivity contribution is -0.150. The Hall–Kier alpha value is -0.220. The molecule has 13 heavy (non-hydrogen) atoms. The zero-order valence-corrected chi connectivity index (χ0v) is 9.30. The summed E-state index contributed by atoms with van der Waals surface area (Å²) in [5.41, 5.74) is -1.05. The van der Waals surface area contributed by atoms with Crippen LogP contribution in [-0.4, -0.2) is 28.5 Å². The van der Waals surface area contributed by atoms with Crippen molar-refractivity contribution < 1.29 is 14.6 Å². The maximum Gasteiger partial charge on any atom is 0.305 e. The average Bonchev–Trinajstić information content (AvgIpc) is 2.01. The zero-order valence-electron chi connectivity index (χ0n) is 8.41. The number of esters is 1. The van der Waals surface area contributed by atoms with Crippen LogP contribution in [0.4, 0.5) is 0 Å². The SMILES string of the molecule is CCCC(=O)OCC(C)(O)C(C)S. The number of hydrogen-bond donors (Lipinski definition) is 2. The van der Waals surface area contributed by atoms with Gasteiger partial charge in [0.2, 0.25) is 0 Å². The molecular formula is C9H18O3S. The Bertz CT molecular complexity index is 166. The van der Waals surface area contributed by atoms with Gasteiger partial charge in [-0.2, -0.15) is 12.6 Å². The smallest absolute Gasteiger partial charge is 0.305 e. The minimum Gasteiger partial charge on any atom is -0.463 e. The fourth-order valence-electron chi connectivity index (χ4n) is 0.623. The fraction of sp³-hybridized carbons (Fsp3) is 0.889. The fourth-order valence-corrected chi connectivity index (χ4v) is 0.698. The van der Waals surface area contributed by atoms with Crippen molar-refractivity contribution in [1.29, 1.82) is 0 Å². The van der Waals surface area contributed by atoms with Crippen LogP contribution in [0.1, 0.15) is 33.6 Å². The highest BCUT2D eigenvalue weighted by Crippen LogP contribution is 2.15. The van der Waals surface area contributed by atoms with Gasteiger partial charge >= 0.3 is 5.97 Å². The average molecular weight is 206 g/mol. The Morgan fingerprint density at radius 2 is 2.23 bits per heavy atom. The summed E-state index contributed by atoms with van der Waals surface area (Å²) < 4.78 is 4.87. The quantitative estimate of drug-likeness (QED) is 0.528. The first-order chi connectivity index (χ1) is 5.90. The molecule has 0 saturated carbocycles.